The molecule has 0 radical (unpaired) electrons. The molecule has 154 valence electrons. The van der Waals surface area contributed by atoms with Crippen molar-refractivity contribution < 1.29 is 13.2 Å². The molecule has 1 fully saturated rings. The van der Waals surface area contributed by atoms with Crippen LogP contribution in [0.5, 0.6) is 0 Å². The van der Waals surface area contributed by atoms with Crippen molar-refractivity contribution >= 4 is 5.69 Å². The van der Waals surface area contributed by atoms with Crippen LogP contribution in [0, 0.1) is 0 Å². The van der Waals surface area contributed by atoms with E-state index in [-0.39, 0.29) is 11.6 Å². The van der Waals surface area contributed by atoms with Gasteiger partial charge in [-0.05, 0) is 54.3 Å². The maximum atomic E-state index is 12.9. The number of benzene rings is 3. The average Bonchev–Trinajstić information content (AvgIpc) is 3.26. The highest BCUT2D eigenvalue weighted by atomic mass is 19.4. The first-order chi connectivity index (χ1) is 14.5. The average molecular weight is 408 g/mol. The van der Waals surface area contributed by atoms with Crippen molar-refractivity contribution in [3.8, 4) is 0 Å². The quantitative estimate of drug-likeness (QED) is 0.611. The molecular formula is C25H23F3N2. The van der Waals surface area contributed by atoms with Gasteiger partial charge in [0.2, 0.25) is 0 Å². The number of anilines is 1. The molecular weight excluding hydrogens is 385 g/mol. The molecule has 1 saturated heterocycles. The Morgan fingerprint density at radius 3 is 2.30 bits per heavy atom. The Balaban J connectivity index is 1.49. The predicted molar refractivity (Wildman–Crippen MR) is 112 cm³/mol. The smallest absolute Gasteiger partial charge is 0.350 e. The first-order valence-electron chi connectivity index (χ1n) is 10.3. The Kier molecular flexibility index (Phi) is 4.58. The highest BCUT2D eigenvalue weighted by Gasteiger charge is 2.53. The molecule has 2 aliphatic rings. The first-order valence-corrected chi connectivity index (χ1v) is 10.3. The topological polar surface area (TPSA) is 15.3 Å². The number of hydrogen-bond donors (Lipinski definition) is 1. The number of halogens is 3. The lowest BCUT2D eigenvalue weighted by Crippen LogP contribution is -2.48. The van der Waals surface area contributed by atoms with Gasteiger partial charge in [-0.1, -0.05) is 60.7 Å². The summed E-state index contributed by atoms with van der Waals surface area (Å²) in [6.07, 6.45) is -2.21. The molecule has 5 rings (SSSR count). The van der Waals surface area contributed by atoms with Gasteiger partial charge in [0.1, 0.15) is 0 Å². The standard InChI is InChI=1S/C25H23F3N2/c26-25(27,28)20-12-10-19(11-13-20)17-30-22-9-5-4-8-21(22)24(14-15-29-23(24)30)16-18-6-2-1-3-7-18/h1-13,23,29H,14-17H2. The van der Waals surface area contributed by atoms with Crippen LogP contribution < -0.4 is 10.2 Å². The summed E-state index contributed by atoms with van der Waals surface area (Å²) in [5, 5.41) is 3.68. The van der Waals surface area contributed by atoms with E-state index in [4.69, 9.17) is 0 Å². The van der Waals surface area contributed by atoms with E-state index in [1.807, 2.05) is 12.1 Å². The van der Waals surface area contributed by atoms with E-state index in [1.165, 1.54) is 28.9 Å². The van der Waals surface area contributed by atoms with Gasteiger partial charge in [-0.15, -0.1) is 0 Å². The molecule has 2 unspecified atom stereocenters. The van der Waals surface area contributed by atoms with Crippen molar-refractivity contribution in [1.82, 2.24) is 5.32 Å². The fraction of sp³-hybridized carbons (Fsp3) is 0.280. The van der Waals surface area contributed by atoms with Crippen LogP contribution >= 0.6 is 0 Å². The SMILES string of the molecule is FC(F)(F)c1ccc(CN2c3ccccc3C3(Cc4ccccc4)CCNC23)cc1. The highest BCUT2D eigenvalue weighted by Crippen LogP contribution is 2.51. The van der Waals surface area contributed by atoms with Crippen LogP contribution in [-0.4, -0.2) is 12.7 Å². The highest BCUT2D eigenvalue weighted by molar-refractivity contribution is 5.65. The summed E-state index contributed by atoms with van der Waals surface area (Å²) in [6, 6.07) is 24.5. The van der Waals surface area contributed by atoms with Gasteiger partial charge in [0.15, 0.2) is 0 Å². The van der Waals surface area contributed by atoms with E-state index >= 15 is 0 Å². The molecule has 2 atom stereocenters. The molecule has 0 aliphatic carbocycles. The molecule has 3 aromatic carbocycles. The summed E-state index contributed by atoms with van der Waals surface area (Å²) in [4.78, 5) is 2.33. The minimum absolute atomic E-state index is 0.0378. The van der Waals surface area contributed by atoms with Crippen LogP contribution in [0.25, 0.3) is 0 Å². The molecule has 30 heavy (non-hydrogen) atoms. The van der Waals surface area contributed by atoms with Gasteiger partial charge in [0.05, 0.1) is 11.7 Å². The van der Waals surface area contributed by atoms with Gasteiger partial charge < -0.3 is 4.90 Å². The van der Waals surface area contributed by atoms with Crippen molar-refractivity contribution in [2.24, 2.45) is 0 Å². The molecule has 2 aliphatic heterocycles. The van der Waals surface area contributed by atoms with Gasteiger partial charge in [0, 0.05) is 17.6 Å². The Hall–Kier alpha value is -2.79. The summed E-state index contributed by atoms with van der Waals surface area (Å²) < 4.78 is 38.8. The number of rotatable bonds is 4. The van der Waals surface area contributed by atoms with Gasteiger partial charge in [-0.3, -0.25) is 5.32 Å². The molecule has 0 saturated carbocycles. The Bertz CT molecular complexity index is 1030. The zero-order chi connectivity index (χ0) is 20.8. The maximum absolute atomic E-state index is 12.9. The number of hydrogen-bond acceptors (Lipinski definition) is 2. The lowest BCUT2D eigenvalue weighted by molar-refractivity contribution is -0.137. The third kappa shape index (κ3) is 3.18. The molecule has 0 spiro atoms. The molecule has 2 nitrogen and oxygen atoms in total. The summed E-state index contributed by atoms with van der Waals surface area (Å²) in [5.74, 6) is 0. The number of fused-ring (bicyclic) bond motifs is 3. The molecule has 0 amide bonds. The van der Waals surface area contributed by atoms with E-state index < -0.39 is 11.7 Å². The molecule has 5 heteroatoms. The summed E-state index contributed by atoms with van der Waals surface area (Å²) in [5.41, 5.74) is 4.04. The summed E-state index contributed by atoms with van der Waals surface area (Å²) in [6.45, 7) is 1.50. The van der Waals surface area contributed by atoms with Gasteiger partial charge in [-0.25, -0.2) is 0 Å². The van der Waals surface area contributed by atoms with Crippen LogP contribution in [0.4, 0.5) is 18.9 Å². The number of nitrogens with one attached hydrogen (secondary N) is 1. The van der Waals surface area contributed by atoms with E-state index in [9.17, 15) is 13.2 Å². The maximum Gasteiger partial charge on any atom is 0.416 e. The van der Waals surface area contributed by atoms with Crippen molar-refractivity contribution in [3.63, 3.8) is 0 Å². The third-order valence-corrected chi connectivity index (χ3v) is 6.49. The van der Waals surface area contributed by atoms with E-state index in [2.05, 4.69) is 52.7 Å². The second-order valence-electron chi connectivity index (χ2n) is 8.26. The molecule has 1 N–H and O–H groups in total. The van der Waals surface area contributed by atoms with Crippen LogP contribution in [0.3, 0.4) is 0 Å². The monoisotopic (exact) mass is 408 g/mol. The van der Waals surface area contributed by atoms with E-state index in [0.29, 0.717) is 6.54 Å². The summed E-state index contributed by atoms with van der Waals surface area (Å²) >= 11 is 0. The number of para-hydroxylation sites is 1. The zero-order valence-corrected chi connectivity index (χ0v) is 16.5. The Morgan fingerprint density at radius 2 is 1.57 bits per heavy atom. The molecule has 0 aromatic heterocycles. The fourth-order valence-electron chi connectivity index (χ4n) is 5.15. The second kappa shape index (κ2) is 7.17. The normalized spacial score (nSPS) is 22.8. The molecule has 0 bridgehead atoms. The molecule has 3 aromatic rings. The van der Waals surface area contributed by atoms with Crippen LogP contribution in [0.1, 0.15) is 28.7 Å². The third-order valence-electron chi connectivity index (χ3n) is 6.49. The van der Waals surface area contributed by atoms with Crippen LogP contribution in [0.2, 0.25) is 0 Å². The summed E-state index contributed by atoms with van der Waals surface area (Å²) in [7, 11) is 0. The first kappa shape index (κ1) is 19.2. The van der Waals surface area contributed by atoms with Gasteiger partial charge >= 0.3 is 6.18 Å². The van der Waals surface area contributed by atoms with Gasteiger partial charge in [-0.2, -0.15) is 13.2 Å². The van der Waals surface area contributed by atoms with E-state index in [0.717, 1.165) is 24.9 Å². The minimum Gasteiger partial charge on any atom is -0.350 e. The van der Waals surface area contributed by atoms with Crippen LogP contribution in [0.15, 0.2) is 78.9 Å². The number of alkyl halides is 3. The lowest BCUT2D eigenvalue weighted by atomic mass is 9.74. The minimum atomic E-state index is -4.31. The van der Waals surface area contributed by atoms with E-state index in [1.54, 1.807) is 12.1 Å². The lowest BCUT2D eigenvalue weighted by Gasteiger charge is -2.34. The van der Waals surface area contributed by atoms with Crippen molar-refractivity contribution in [2.75, 3.05) is 11.4 Å². The predicted octanol–water partition coefficient (Wildman–Crippen LogP) is 5.53. The Labute approximate surface area is 174 Å². The Morgan fingerprint density at radius 1 is 0.867 bits per heavy atom. The number of nitrogens with zero attached hydrogens (tertiary/aromatic N) is 1. The zero-order valence-electron chi connectivity index (χ0n) is 16.5. The second-order valence-corrected chi connectivity index (χ2v) is 8.26. The van der Waals surface area contributed by atoms with Gasteiger partial charge in [0.25, 0.3) is 0 Å². The van der Waals surface area contributed by atoms with Crippen LogP contribution in [-0.2, 0) is 24.6 Å². The van der Waals surface area contributed by atoms with Crippen molar-refractivity contribution in [3.05, 3.63) is 101 Å². The van der Waals surface area contributed by atoms with Crippen molar-refractivity contribution in [1.29, 1.82) is 0 Å². The van der Waals surface area contributed by atoms with Crippen molar-refractivity contribution in [2.45, 2.75) is 37.1 Å². The fourth-order valence-corrected chi connectivity index (χ4v) is 5.15. The molecule has 2 heterocycles. The largest absolute Gasteiger partial charge is 0.416 e.